The maximum absolute atomic E-state index is 13.5. The molecule has 1 aliphatic heterocycles. The minimum absolute atomic E-state index is 0.120. The smallest absolute Gasteiger partial charge is 0.200 e. The summed E-state index contributed by atoms with van der Waals surface area (Å²) in [6.07, 6.45) is 8.38. The molecule has 0 saturated carbocycles. The van der Waals surface area contributed by atoms with Crippen LogP contribution in [0.5, 0.6) is 17.2 Å². The Morgan fingerprint density at radius 1 is 1.11 bits per heavy atom. The second-order valence-electron chi connectivity index (χ2n) is 8.76. The van der Waals surface area contributed by atoms with E-state index in [1.54, 1.807) is 50.7 Å². The number of hydrogen-bond acceptors (Lipinski definition) is 7. The van der Waals surface area contributed by atoms with E-state index in [2.05, 4.69) is 16.0 Å². The second kappa shape index (κ2) is 9.80. The Morgan fingerprint density at radius 3 is 2.74 bits per heavy atom. The molecule has 1 aliphatic rings. The van der Waals surface area contributed by atoms with Gasteiger partial charge >= 0.3 is 0 Å². The van der Waals surface area contributed by atoms with Crippen LogP contribution in [-0.4, -0.2) is 35.8 Å². The van der Waals surface area contributed by atoms with E-state index < -0.39 is 0 Å². The number of rotatable bonds is 6. The number of methoxy groups -OCH3 is 2. The topological polar surface area (TPSA) is 85.0 Å². The zero-order valence-corrected chi connectivity index (χ0v) is 19.9. The Labute approximate surface area is 203 Å². The van der Waals surface area contributed by atoms with Crippen molar-refractivity contribution in [1.82, 2.24) is 9.88 Å². The summed E-state index contributed by atoms with van der Waals surface area (Å²) in [6, 6.07) is 12.8. The number of piperidine rings is 1. The van der Waals surface area contributed by atoms with E-state index in [4.69, 9.17) is 13.9 Å². The highest BCUT2D eigenvalue weighted by Crippen LogP contribution is 2.36. The van der Waals surface area contributed by atoms with Crippen molar-refractivity contribution in [3.05, 3.63) is 82.5 Å². The number of hydrogen-bond donors (Lipinski definition) is 1. The fourth-order valence-electron chi connectivity index (χ4n) is 4.94. The van der Waals surface area contributed by atoms with Crippen LogP contribution >= 0.6 is 0 Å². The van der Waals surface area contributed by atoms with E-state index in [1.165, 1.54) is 6.26 Å². The van der Waals surface area contributed by atoms with E-state index in [-0.39, 0.29) is 17.2 Å². The standard InChI is InChI=1S/C28H28N2O5/c1-33-25-11-8-18(14-26(25)34-2)22-17-35-28-20(27(22)32)9-10-24(31)21(28)16-30-13-4-3-7-23(30)19-6-5-12-29-15-19/h5-6,8-12,14-15,17,23,31H,3-4,7,13,16H2,1-2H3/t23-/m1/s1. The van der Waals surface area contributed by atoms with Crippen molar-refractivity contribution in [3.8, 4) is 28.4 Å². The number of likely N-dealkylation sites (tertiary alicyclic amines) is 1. The van der Waals surface area contributed by atoms with Gasteiger partial charge in [0.1, 0.15) is 17.6 Å². The molecule has 4 aromatic rings. The summed E-state index contributed by atoms with van der Waals surface area (Å²) in [4.78, 5) is 20.1. The Balaban J connectivity index is 1.55. The van der Waals surface area contributed by atoms with Gasteiger partial charge in [-0.15, -0.1) is 0 Å². The van der Waals surface area contributed by atoms with Crippen LogP contribution in [-0.2, 0) is 6.54 Å². The van der Waals surface area contributed by atoms with Crippen molar-refractivity contribution in [3.63, 3.8) is 0 Å². The molecule has 1 saturated heterocycles. The molecule has 0 bridgehead atoms. The first-order chi connectivity index (χ1) is 17.1. The fourth-order valence-corrected chi connectivity index (χ4v) is 4.94. The second-order valence-corrected chi connectivity index (χ2v) is 8.76. The van der Waals surface area contributed by atoms with Crippen molar-refractivity contribution in [2.75, 3.05) is 20.8 Å². The Bertz CT molecular complexity index is 1400. The van der Waals surface area contributed by atoms with E-state index >= 15 is 0 Å². The SMILES string of the molecule is COc1ccc(-c2coc3c(CN4CCCC[C@@H]4c4cccnc4)c(O)ccc3c2=O)cc1OC. The molecule has 7 nitrogen and oxygen atoms in total. The van der Waals surface area contributed by atoms with Gasteiger partial charge < -0.3 is 19.0 Å². The number of benzene rings is 2. The quantitative estimate of drug-likeness (QED) is 0.407. The molecule has 0 spiro atoms. The molecule has 0 radical (unpaired) electrons. The third-order valence-electron chi connectivity index (χ3n) is 6.76. The highest BCUT2D eigenvalue weighted by molar-refractivity contribution is 5.86. The summed E-state index contributed by atoms with van der Waals surface area (Å²) >= 11 is 0. The number of nitrogens with zero attached hydrogens (tertiary/aromatic N) is 2. The zero-order valence-electron chi connectivity index (χ0n) is 19.9. The number of pyridine rings is 1. The van der Waals surface area contributed by atoms with Gasteiger partial charge in [-0.2, -0.15) is 0 Å². The zero-order chi connectivity index (χ0) is 24.4. The van der Waals surface area contributed by atoms with Gasteiger partial charge in [0.15, 0.2) is 11.5 Å². The van der Waals surface area contributed by atoms with Crippen molar-refractivity contribution in [1.29, 1.82) is 0 Å². The number of aromatic nitrogens is 1. The van der Waals surface area contributed by atoms with Crippen molar-refractivity contribution < 1.29 is 19.0 Å². The summed E-state index contributed by atoms with van der Waals surface area (Å²) < 4.78 is 16.7. The molecule has 0 amide bonds. The highest BCUT2D eigenvalue weighted by Gasteiger charge is 2.26. The van der Waals surface area contributed by atoms with E-state index in [9.17, 15) is 9.90 Å². The largest absolute Gasteiger partial charge is 0.507 e. The molecular weight excluding hydrogens is 444 g/mol. The summed E-state index contributed by atoms with van der Waals surface area (Å²) in [5, 5.41) is 11.2. The lowest BCUT2D eigenvalue weighted by molar-refractivity contribution is 0.139. The fraction of sp³-hybridized carbons (Fsp3) is 0.286. The molecule has 0 aliphatic carbocycles. The number of aromatic hydroxyl groups is 1. The van der Waals surface area contributed by atoms with Gasteiger partial charge in [-0.25, -0.2) is 0 Å². The molecule has 2 aromatic carbocycles. The summed E-state index contributed by atoms with van der Waals surface area (Å²) in [5.74, 6) is 1.23. The molecule has 180 valence electrons. The molecule has 35 heavy (non-hydrogen) atoms. The maximum atomic E-state index is 13.5. The highest BCUT2D eigenvalue weighted by atomic mass is 16.5. The van der Waals surface area contributed by atoms with Gasteiger partial charge in [-0.05, 0) is 60.8 Å². The molecule has 0 unspecified atom stereocenters. The molecule has 1 fully saturated rings. The van der Waals surface area contributed by atoms with Crippen LogP contribution in [0, 0.1) is 0 Å². The van der Waals surface area contributed by atoms with E-state index in [0.29, 0.717) is 45.7 Å². The Morgan fingerprint density at radius 2 is 1.97 bits per heavy atom. The van der Waals surface area contributed by atoms with Crippen LogP contribution in [0.3, 0.4) is 0 Å². The average molecular weight is 473 g/mol. The molecule has 1 N–H and O–H groups in total. The monoisotopic (exact) mass is 472 g/mol. The molecule has 1 atom stereocenters. The van der Waals surface area contributed by atoms with Gasteiger partial charge in [0.05, 0.1) is 30.7 Å². The third kappa shape index (κ3) is 4.35. The molecule has 3 heterocycles. The number of phenolic OH excluding ortho intramolecular Hbond substituents is 1. The number of phenols is 1. The van der Waals surface area contributed by atoms with Crippen LogP contribution in [0.2, 0.25) is 0 Å². The predicted molar refractivity (Wildman–Crippen MR) is 134 cm³/mol. The maximum Gasteiger partial charge on any atom is 0.200 e. The number of fused-ring (bicyclic) bond motifs is 1. The first kappa shape index (κ1) is 22.9. The first-order valence-electron chi connectivity index (χ1n) is 11.7. The van der Waals surface area contributed by atoms with Crippen molar-refractivity contribution in [2.24, 2.45) is 0 Å². The predicted octanol–water partition coefficient (Wildman–Crippen LogP) is 5.31. The average Bonchev–Trinajstić information content (AvgIpc) is 2.91. The van der Waals surface area contributed by atoms with Gasteiger partial charge in [0, 0.05) is 25.0 Å². The van der Waals surface area contributed by atoms with Crippen LogP contribution in [0.25, 0.3) is 22.1 Å². The van der Waals surface area contributed by atoms with Gasteiger partial charge in [0.25, 0.3) is 0 Å². The minimum Gasteiger partial charge on any atom is -0.507 e. The number of ether oxygens (including phenoxy) is 2. The summed E-state index contributed by atoms with van der Waals surface area (Å²) in [6.45, 7) is 1.37. The normalized spacial score (nSPS) is 16.3. The first-order valence-corrected chi connectivity index (χ1v) is 11.7. The molecular formula is C28H28N2O5. The van der Waals surface area contributed by atoms with Gasteiger partial charge in [-0.1, -0.05) is 18.6 Å². The van der Waals surface area contributed by atoms with Crippen LogP contribution in [0.4, 0.5) is 0 Å². The van der Waals surface area contributed by atoms with E-state index in [1.807, 2.05) is 12.3 Å². The minimum atomic E-state index is -0.165. The lowest BCUT2D eigenvalue weighted by Crippen LogP contribution is -2.33. The Hall–Kier alpha value is -3.84. The molecule has 5 rings (SSSR count). The van der Waals surface area contributed by atoms with Gasteiger partial charge in [0.2, 0.25) is 5.43 Å². The van der Waals surface area contributed by atoms with Crippen molar-refractivity contribution >= 4 is 11.0 Å². The lowest BCUT2D eigenvalue weighted by atomic mass is 9.95. The van der Waals surface area contributed by atoms with Crippen LogP contribution in [0.15, 0.2) is 70.3 Å². The van der Waals surface area contributed by atoms with Crippen LogP contribution < -0.4 is 14.9 Å². The lowest BCUT2D eigenvalue weighted by Gasteiger charge is -2.36. The summed E-state index contributed by atoms with van der Waals surface area (Å²) in [5.41, 5.74) is 3.11. The van der Waals surface area contributed by atoms with Gasteiger partial charge in [-0.3, -0.25) is 14.7 Å². The molecule has 2 aromatic heterocycles. The molecule has 7 heteroatoms. The van der Waals surface area contributed by atoms with Crippen molar-refractivity contribution in [2.45, 2.75) is 31.8 Å². The summed E-state index contributed by atoms with van der Waals surface area (Å²) in [7, 11) is 3.12. The van der Waals surface area contributed by atoms with E-state index in [0.717, 1.165) is 31.4 Å². The Kier molecular flexibility index (Phi) is 6.42. The van der Waals surface area contributed by atoms with Crippen LogP contribution in [0.1, 0.15) is 36.4 Å². The third-order valence-corrected chi connectivity index (χ3v) is 6.76.